The summed E-state index contributed by atoms with van der Waals surface area (Å²) in [6.45, 7) is 14.0. The summed E-state index contributed by atoms with van der Waals surface area (Å²) < 4.78 is 17.1. The van der Waals surface area contributed by atoms with Crippen molar-refractivity contribution >= 4 is 46.2 Å². The lowest BCUT2D eigenvalue weighted by atomic mass is 10.1. The summed E-state index contributed by atoms with van der Waals surface area (Å²) in [4.78, 5) is 17.7. The number of carbonyl (C=O) groups excluding carboxylic acids is 1. The van der Waals surface area contributed by atoms with E-state index in [-0.39, 0.29) is 5.11 Å². The predicted molar refractivity (Wildman–Crippen MR) is 149 cm³/mol. The zero-order chi connectivity index (χ0) is 26.1. The van der Waals surface area contributed by atoms with Crippen LogP contribution in [0.15, 0.2) is 30.3 Å². The molecule has 1 aliphatic heterocycles. The Labute approximate surface area is 223 Å². The largest absolute Gasteiger partial charge is 0.490 e. The quantitative estimate of drug-likeness (QED) is 0.421. The van der Waals surface area contributed by atoms with Gasteiger partial charge < -0.3 is 29.3 Å². The second-order valence-corrected chi connectivity index (χ2v) is 8.91. The van der Waals surface area contributed by atoms with Crippen molar-refractivity contribution in [3.63, 3.8) is 0 Å². The molecule has 1 aliphatic rings. The van der Waals surface area contributed by atoms with Gasteiger partial charge in [0.15, 0.2) is 16.6 Å². The molecule has 1 saturated heterocycles. The number of thiocarbonyl (C=S) groups is 1. The molecule has 0 radical (unpaired) electrons. The Morgan fingerprint density at radius 3 is 2.08 bits per heavy atom. The lowest BCUT2D eigenvalue weighted by Crippen LogP contribution is -2.46. The van der Waals surface area contributed by atoms with Crippen LogP contribution < -0.4 is 29.7 Å². The molecule has 2 aromatic rings. The molecule has 0 aromatic heterocycles. The number of piperazine rings is 1. The van der Waals surface area contributed by atoms with Crippen molar-refractivity contribution in [2.75, 3.05) is 62.8 Å². The number of likely N-dealkylation sites (N-methyl/N-ethyl adjacent to an activating group) is 1. The van der Waals surface area contributed by atoms with Crippen LogP contribution in [0.1, 0.15) is 38.1 Å². The third-order valence-corrected chi connectivity index (χ3v) is 6.27. The van der Waals surface area contributed by atoms with E-state index in [1.54, 1.807) is 12.1 Å². The second kappa shape index (κ2) is 13.5. The van der Waals surface area contributed by atoms with Gasteiger partial charge in [-0.05, 0) is 69.9 Å². The number of benzene rings is 2. The van der Waals surface area contributed by atoms with Crippen molar-refractivity contribution in [3.8, 4) is 17.2 Å². The zero-order valence-corrected chi connectivity index (χ0v) is 22.9. The van der Waals surface area contributed by atoms with E-state index in [1.165, 1.54) is 0 Å². The van der Waals surface area contributed by atoms with Gasteiger partial charge >= 0.3 is 0 Å². The first-order valence-electron chi connectivity index (χ1n) is 12.4. The van der Waals surface area contributed by atoms with Crippen LogP contribution in [0.2, 0.25) is 5.02 Å². The van der Waals surface area contributed by atoms with Gasteiger partial charge in [0.25, 0.3) is 5.91 Å². The van der Waals surface area contributed by atoms with Gasteiger partial charge in [0.2, 0.25) is 5.75 Å². The average molecular weight is 535 g/mol. The number of hydrogen-bond donors (Lipinski definition) is 2. The third-order valence-electron chi connectivity index (χ3n) is 5.76. The van der Waals surface area contributed by atoms with Crippen molar-refractivity contribution in [2.45, 2.75) is 27.7 Å². The van der Waals surface area contributed by atoms with Gasteiger partial charge in [-0.15, -0.1) is 0 Å². The van der Waals surface area contributed by atoms with E-state index in [0.717, 1.165) is 38.4 Å². The summed E-state index contributed by atoms with van der Waals surface area (Å²) in [5, 5.41) is 6.55. The van der Waals surface area contributed by atoms with Gasteiger partial charge in [0.1, 0.15) is 0 Å². The Morgan fingerprint density at radius 1 is 0.944 bits per heavy atom. The zero-order valence-electron chi connectivity index (χ0n) is 21.4. The minimum absolute atomic E-state index is 0.158. The third kappa shape index (κ3) is 7.15. The smallest absolute Gasteiger partial charge is 0.257 e. The van der Waals surface area contributed by atoms with Gasteiger partial charge in [-0.3, -0.25) is 10.1 Å². The van der Waals surface area contributed by atoms with E-state index in [4.69, 9.17) is 38.0 Å². The summed E-state index contributed by atoms with van der Waals surface area (Å²) in [5.74, 6) is 0.964. The van der Waals surface area contributed by atoms with E-state index in [0.29, 0.717) is 53.3 Å². The number of nitrogens with zero attached hydrogens (tertiary/aromatic N) is 2. The fourth-order valence-corrected chi connectivity index (χ4v) is 4.51. The molecule has 0 unspecified atom stereocenters. The fraction of sp³-hybridized carbons (Fsp3) is 0.462. The molecule has 2 N–H and O–H groups in total. The van der Waals surface area contributed by atoms with Crippen LogP contribution >= 0.6 is 23.8 Å². The number of rotatable bonds is 10. The summed E-state index contributed by atoms with van der Waals surface area (Å²) >= 11 is 12.0. The van der Waals surface area contributed by atoms with Crippen molar-refractivity contribution in [3.05, 3.63) is 40.9 Å². The van der Waals surface area contributed by atoms with Crippen molar-refractivity contribution in [2.24, 2.45) is 0 Å². The highest BCUT2D eigenvalue weighted by Crippen LogP contribution is 2.39. The Morgan fingerprint density at radius 2 is 1.56 bits per heavy atom. The molecule has 196 valence electrons. The van der Waals surface area contributed by atoms with Crippen molar-refractivity contribution in [1.82, 2.24) is 10.2 Å². The number of nitrogens with one attached hydrogen (secondary N) is 2. The Bertz CT molecular complexity index is 1030. The van der Waals surface area contributed by atoms with E-state index < -0.39 is 5.91 Å². The highest BCUT2D eigenvalue weighted by Gasteiger charge is 2.20. The Hall–Kier alpha value is -2.75. The standard InChI is InChI=1S/C26H35ClN4O4S/c1-5-30-11-13-31(14-12-30)21-10-9-19(17-20(21)27)28-26(36)29-25(32)18-15-22(33-6-2)24(35-8-4)23(16-18)34-7-3/h9-10,15-17H,5-8,11-14H2,1-4H3,(H2,28,29,32,36). The molecule has 2 aromatic carbocycles. The van der Waals surface area contributed by atoms with Gasteiger partial charge in [-0.1, -0.05) is 18.5 Å². The summed E-state index contributed by atoms with van der Waals surface area (Å²) in [7, 11) is 0. The summed E-state index contributed by atoms with van der Waals surface area (Å²) in [6, 6.07) is 8.95. The molecule has 10 heteroatoms. The molecule has 0 atom stereocenters. The van der Waals surface area contributed by atoms with Gasteiger partial charge in [-0.25, -0.2) is 0 Å². The number of amides is 1. The number of halogens is 1. The second-order valence-electron chi connectivity index (χ2n) is 8.10. The SMILES string of the molecule is CCOc1cc(C(=O)NC(=S)Nc2ccc(N3CCN(CC)CC3)c(Cl)c2)cc(OCC)c1OCC. The van der Waals surface area contributed by atoms with Gasteiger partial charge in [0.05, 0.1) is 30.5 Å². The van der Waals surface area contributed by atoms with Gasteiger partial charge in [0, 0.05) is 37.4 Å². The van der Waals surface area contributed by atoms with Crippen LogP contribution in [0.3, 0.4) is 0 Å². The normalized spacial score (nSPS) is 13.8. The van der Waals surface area contributed by atoms with E-state index in [9.17, 15) is 4.79 Å². The average Bonchev–Trinajstić information content (AvgIpc) is 2.86. The van der Waals surface area contributed by atoms with Crippen LogP contribution in [0.25, 0.3) is 0 Å². The minimum Gasteiger partial charge on any atom is -0.490 e. The number of carbonyl (C=O) groups is 1. The van der Waals surface area contributed by atoms with E-state index in [1.807, 2.05) is 39.0 Å². The minimum atomic E-state index is -0.394. The van der Waals surface area contributed by atoms with Crippen LogP contribution in [-0.2, 0) is 0 Å². The van der Waals surface area contributed by atoms with Crippen molar-refractivity contribution < 1.29 is 19.0 Å². The highest BCUT2D eigenvalue weighted by atomic mass is 35.5. The van der Waals surface area contributed by atoms with E-state index in [2.05, 4.69) is 27.4 Å². The maximum atomic E-state index is 13.0. The Balaban J connectivity index is 1.68. The first kappa shape index (κ1) is 27.8. The molecule has 3 rings (SSSR count). The molecular weight excluding hydrogens is 500 g/mol. The molecule has 0 spiro atoms. The molecular formula is C26H35ClN4O4S. The molecule has 8 nitrogen and oxygen atoms in total. The van der Waals surface area contributed by atoms with E-state index >= 15 is 0 Å². The molecule has 1 amide bonds. The topological polar surface area (TPSA) is 75.3 Å². The van der Waals surface area contributed by atoms with Crippen LogP contribution in [-0.4, -0.2) is 68.5 Å². The first-order chi connectivity index (χ1) is 17.4. The molecule has 0 bridgehead atoms. The lowest BCUT2D eigenvalue weighted by Gasteiger charge is -2.36. The molecule has 0 aliphatic carbocycles. The van der Waals surface area contributed by atoms with Gasteiger partial charge in [-0.2, -0.15) is 0 Å². The summed E-state index contributed by atoms with van der Waals surface area (Å²) in [6.07, 6.45) is 0. The highest BCUT2D eigenvalue weighted by molar-refractivity contribution is 7.80. The molecule has 0 saturated carbocycles. The predicted octanol–water partition coefficient (Wildman–Crippen LogP) is 4.80. The first-order valence-corrected chi connectivity index (χ1v) is 13.1. The Kier molecular flexibility index (Phi) is 10.5. The molecule has 36 heavy (non-hydrogen) atoms. The number of hydrogen-bond acceptors (Lipinski definition) is 7. The lowest BCUT2D eigenvalue weighted by molar-refractivity contribution is 0.0976. The molecule has 1 fully saturated rings. The summed E-state index contributed by atoms with van der Waals surface area (Å²) in [5.41, 5.74) is 2.03. The molecule has 1 heterocycles. The van der Waals surface area contributed by atoms with Crippen LogP contribution in [0.4, 0.5) is 11.4 Å². The maximum Gasteiger partial charge on any atom is 0.257 e. The number of ether oxygens (including phenoxy) is 3. The maximum absolute atomic E-state index is 13.0. The monoisotopic (exact) mass is 534 g/mol. The fourth-order valence-electron chi connectivity index (χ4n) is 4.00. The van der Waals surface area contributed by atoms with Crippen LogP contribution in [0.5, 0.6) is 17.2 Å². The number of anilines is 2. The van der Waals surface area contributed by atoms with Crippen molar-refractivity contribution in [1.29, 1.82) is 0 Å². The van der Waals surface area contributed by atoms with Crippen LogP contribution in [0, 0.1) is 0 Å².